The van der Waals surface area contributed by atoms with E-state index in [9.17, 15) is 0 Å². The molecule has 0 amide bonds. The van der Waals surface area contributed by atoms with Crippen molar-refractivity contribution >= 4 is 17.0 Å². The lowest BCUT2D eigenvalue weighted by Gasteiger charge is -1.99. The highest BCUT2D eigenvalue weighted by Gasteiger charge is 2.08. The quantitative estimate of drug-likeness (QED) is 0.745. The van der Waals surface area contributed by atoms with Crippen molar-refractivity contribution in [1.82, 2.24) is 4.98 Å². The Morgan fingerprint density at radius 3 is 2.15 bits per heavy atom. The van der Waals surface area contributed by atoms with Gasteiger partial charge in [-0.3, -0.25) is 0 Å². The van der Waals surface area contributed by atoms with Crippen molar-refractivity contribution in [1.29, 1.82) is 0 Å². The molecular weight excluding hydrogens is 264 g/mol. The van der Waals surface area contributed by atoms with Crippen LogP contribution in [0.3, 0.4) is 0 Å². The SMILES string of the molecule is C#CC1=NC(C(C)C)=CC1.C#Cc1nc(C(C)C)cs1. The maximum atomic E-state index is 5.18. The summed E-state index contributed by atoms with van der Waals surface area (Å²) in [7, 11) is 0. The number of hydrogen-bond acceptors (Lipinski definition) is 3. The van der Waals surface area contributed by atoms with E-state index in [1.807, 2.05) is 5.38 Å². The van der Waals surface area contributed by atoms with Crippen LogP contribution in [-0.2, 0) is 0 Å². The summed E-state index contributed by atoms with van der Waals surface area (Å²) in [5.74, 6) is 6.05. The van der Waals surface area contributed by atoms with Gasteiger partial charge in [-0.2, -0.15) is 0 Å². The Balaban J connectivity index is 0.000000200. The summed E-state index contributed by atoms with van der Waals surface area (Å²) in [5, 5.41) is 2.79. The molecule has 0 saturated carbocycles. The molecule has 0 unspecified atom stereocenters. The van der Waals surface area contributed by atoms with Crippen molar-refractivity contribution in [2.75, 3.05) is 0 Å². The molecule has 2 nitrogen and oxygen atoms in total. The van der Waals surface area contributed by atoms with Crippen LogP contribution in [0.2, 0.25) is 0 Å². The van der Waals surface area contributed by atoms with Crippen LogP contribution in [0.25, 0.3) is 0 Å². The molecule has 0 aliphatic carbocycles. The molecule has 3 heteroatoms. The van der Waals surface area contributed by atoms with Crippen LogP contribution in [-0.4, -0.2) is 10.7 Å². The van der Waals surface area contributed by atoms with E-state index in [2.05, 4.69) is 55.6 Å². The van der Waals surface area contributed by atoms with Crippen molar-refractivity contribution in [2.45, 2.75) is 40.0 Å². The first-order valence-electron chi connectivity index (χ1n) is 6.64. The van der Waals surface area contributed by atoms with E-state index in [-0.39, 0.29) is 0 Å². The van der Waals surface area contributed by atoms with Crippen LogP contribution in [0.5, 0.6) is 0 Å². The number of hydrogen-bond donors (Lipinski definition) is 0. The van der Waals surface area contributed by atoms with Crippen molar-refractivity contribution < 1.29 is 0 Å². The summed E-state index contributed by atoms with van der Waals surface area (Å²) < 4.78 is 0. The second kappa shape index (κ2) is 7.68. The lowest BCUT2D eigenvalue weighted by atomic mass is 10.1. The van der Waals surface area contributed by atoms with Gasteiger partial charge in [0.05, 0.1) is 11.4 Å². The molecular formula is C17H20N2S. The summed E-state index contributed by atoms with van der Waals surface area (Å²) in [6.45, 7) is 8.45. The molecule has 0 saturated heterocycles. The molecule has 0 radical (unpaired) electrons. The predicted molar refractivity (Wildman–Crippen MR) is 87.9 cm³/mol. The Kier molecular flexibility index (Phi) is 6.22. The summed E-state index contributed by atoms with van der Waals surface area (Å²) in [4.78, 5) is 8.46. The van der Waals surface area contributed by atoms with Crippen molar-refractivity contribution in [3.05, 3.63) is 27.9 Å². The normalized spacial score (nSPS) is 13.2. The molecule has 1 aromatic heterocycles. The van der Waals surface area contributed by atoms with Crippen molar-refractivity contribution in [3.63, 3.8) is 0 Å². The second-order valence-electron chi connectivity index (χ2n) is 5.07. The van der Waals surface area contributed by atoms with Crippen LogP contribution >= 0.6 is 11.3 Å². The third-order valence-corrected chi connectivity index (χ3v) is 3.56. The monoisotopic (exact) mass is 284 g/mol. The van der Waals surface area contributed by atoms with Gasteiger partial charge in [0.25, 0.3) is 0 Å². The van der Waals surface area contributed by atoms with E-state index in [1.165, 1.54) is 11.3 Å². The van der Waals surface area contributed by atoms with Gasteiger partial charge in [0.15, 0.2) is 5.01 Å². The number of thiazole rings is 1. The number of terminal acetylenes is 2. The van der Waals surface area contributed by atoms with Gasteiger partial charge in [0, 0.05) is 17.5 Å². The molecule has 1 aliphatic rings. The van der Waals surface area contributed by atoms with E-state index in [0.29, 0.717) is 11.8 Å². The van der Waals surface area contributed by atoms with Gasteiger partial charge in [-0.05, 0) is 17.8 Å². The minimum absolute atomic E-state index is 0.485. The first-order valence-corrected chi connectivity index (χ1v) is 7.52. The molecule has 0 spiro atoms. The molecule has 2 heterocycles. The van der Waals surface area contributed by atoms with Gasteiger partial charge in [-0.25, -0.2) is 9.98 Å². The number of allylic oxidation sites excluding steroid dienone is 2. The molecule has 0 bridgehead atoms. The van der Waals surface area contributed by atoms with E-state index in [0.717, 1.165) is 28.5 Å². The highest BCUT2D eigenvalue weighted by Crippen LogP contribution is 2.18. The molecule has 0 fully saturated rings. The van der Waals surface area contributed by atoms with Gasteiger partial charge in [-0.15, -0.1) is 24.2 Å². The van der Waals surface area contributed by atoms with E-state index < -0.39 is 0 Å². The first kappa shape index (κ1) is 16.2. The smallest absolute Gasteiger partial charge is 0.166 e. The highest BCUT2D eigenvalue weighted by molar-refractivity contribution is 7.10. The molecule has 1 aliphatic heterocycles. The zero-order valence-electron chi connectivity index (χ0n) is 12.5. The molecule has 104 valence electrons. The Bertz CT molecular complexity index is 589. The van der Waals surface area contributed by atoms with E-state index in [1.54, 1.807) is 0 Å². The van der Waals surface area contributed by atoms with Gasteiger partial charge < -0.3 is 0 Å². The minimum atomic E-state index is 0.485. The van der Waals surface area contributed by atoms with Crippen LogP contribution in [0, 0.1) is 30.6 Å². The predicted octanol–water partition coefficient (Wildman–Crippen LogP) is 4.25. The van der Waals surface area contributed by atoms with Crippen LogP contribution in [0.4, 0.5) is 0 Å². The summed E-state index contributed by atoms with van der Waals surface area (Å²) in [5.41, 5.74) is 3.09. The molecule has 2 rings (SSSR count). The Morgan fingerprint density at radius 1 is 1.15 bits per heavy atom. The van der Waals surface area contributed by atoms with E-state index >= 15 is 0 Å². The minimum Gasteiger partial charge on any atom is -0.249 e. The van der Waals surface area contributed by atoms with Crippen LogP contribution in [0.15, 0.2) is 22.1 Å². The van der Waals surface area contributed by atoms with Crippen molar-refractivity contribution in [3.8, 4) is 24.7 Å². The molecule has 0 N–H and O–H groups in total. The largest absolute Gasteiger partial charge is 0.249 e. The Morgan fingerprint density at radius 2 is 1.85 bits per heavy atom. The van der Waals surface area contributed by atoms with Crippen LogP contribution < -0.4 is 0 Å². The molecule has 20 heavy (non-hydrogen) atoms. The fourth-order valence-electron chi connectivity index (χ4n) is 1.52. The van der Waals surface area contributed by atoms with Gasteiger partial charge in [-0.1, -0.05) is 39.7 Å². The second-order valence-corrected chi connectivity index (χ2v) is 5.93. The summed E-state index contributed by atoms with van der Waals surface area (Å²) in [6, 6.07) is 0. The Labute approximate surface area is 126 Å². The number of aliphatic imine (C=N–C) groups is 1. The fourth-order valence-corrected chi connectivity index (χ4v) is 2.31. The maximum Gasteiger partial charge on any atom is 0.166 e. The lowest BCUT2D eigenvalue weighted by Crippen LogP contribution is -1.88. The summed E-state index contributed by atoms with van der Waals surface area (Å²) in [6.07, 6.45) is 13.3. The summed E-state index contributed by atoms with van der Waals surface area (Å²) >= 11 is 1.53. The van der Waals surface area contributed by atoms with Gasteiger partial charge >= 0.3 is 0 Å². The average molecular weight is 284 g/mol. The molecule has 0 atom stereocenters. The fraction of sp³-hybridized carbons (Fsp3) is 0.412. The zero-order chi connectivity index (χ0) is 15.1. The van der Waals surface area contributed by atoms with Crippen molar-refractivity contribution in [2.24, 2.45) is 10.9 Å². The highest BCUT2D eigenvalue weighted by atomic mass is 32.1. The Hall–Kier alpha value is -1.84. The lowest BCUT2D eigenvalue weighted by molar-refractivity contribution is 0.761. The standard InChI is InChI=1S/C9H11N.C8H9NS/c1-4-8-5-6-9(10-8)7(2)3;1-4-8-9-7(5-10-8)6(2)3/h1,6-7H,5H2,2-3H3;1,5-6H,2-3H3. The topological polar surface area (TPSA) is 25.2 Å². The van der Waals surface area contributed by atoms with Gasteiger partial charge in [0.1, 0.15) is 0 Å². The number of rotatable bonds is 2. The van der Waals surface area contributed by atoms with E-state index in [4.69, 9.17) is 12.8 Å². The molecule has 1 aromatic rings. The average Bonchev–Trinajstić information content (AvgIpc) is 3.08. The zero-order valence-corrected chi connectivity index (χ0v) is 13.3. The number of nitrogens with zero attached hydrogens (tertiary/aromatic N) is 2. The van der Waals surface area contributed by atoms with Gasteiger partial charge in [0.2, 0.25) is 0 Å². The third kappa shape index (κ3) is 4.68. The number of aromatic nitrogens is 1. The first-order chi connectivity index (χ1) is 9.47. The molecule has 0 aromatic carbocycles. The maximum absolute atomic E-state index is 5.18. The van der Waals surface area contributed by atoms with Crippen LogP contribution in [0.1, 0.15) is 50.7 Å². The third-order valence-electron chi connectivity index (χ3n) is 2.76.